The maximum absolute atomic E-state index is 12.0. The van der Waals surface area contributed by atoms with Gasteiger partial charge in [-0.3, -0.25) is 9.78 Å². The summed E-state index contributed by atoms with van der Waals surface area (Å²) in [4.78, 5) is 18.1. The molecular formula is C18H26N2O3. The average Bonchev–Trinajstić information content (AvgIpc) is 2.50. The zero-order valence-electron chi connectivity index (χ0n) is 14.2. The number of carbonyl (C=O) groups is 1. The van der Waals surface area contributed by atoms with Crippen LogP contribution in [0.1, 0.15) is 37.8 Å². The summed E-state index contributed by atoms with van der Waals surface area (Å²) in [5.74, 6) is 0.268. The van der Waals surface area contributed by atoms with Gasteiger partial charge in [0.15, 0.2) is 0 Å². The van der Waals surface area contributed by atoms with Crippen molar-refractivity contribution in [1.29, 1.82) is 0 Å². The Morgan fingerprint density at radius 2 is 2.26 bits per heavy atom. The zero-order chi connectivity index (χ0) is 16.4. The van der Waals surface area contributed by atoms with Gasteiger partial charge >= 0.3 is 0 Å². The maximum atomic E-state index is 12.0. The van der Waals surface area contributed by atoms with Gasteiger partial charge in [0.25, 0.3) is 0 Å². The van der Waals surface area contributed by atoms with Crippen molar-refractivity contribution in [3.8, 4) is 0 Å². The molecule has 1 aromatic heterocycles. The standard InChI is InChI=1S/C18H26N2O3/c1-13(2)17(21)20-11-18(12-20)7-16(4-5-23-18)22-10-15-6-14(3)8-19-9-15/h6,8-9,13,16H,4-5,7,10-12H2,1-3H3. The van der Waals surface area contributed by atoms with E-state index in [9.17, 15) is 4.79 Å². The number of nitrogens with zero attached hydrogens (tertiary/aromatic N) is 2. The second-order valence-corrected chi connectivity index (χ2v) is 7.18. The Morgan fingerprint density at radius 3 is 2.96 bits per heavy atom. The molecule has 1 amide bonds. The molecule has 5 nitrogen and oxygen atoms in total. The highest BCUT2D eigenvalue weighted by atomic mass is 16.5. The average molecular weight is 318 g/mol. The second-order valence-electron chi connectivity index (χ2n) is 7.18. The highest BCUT2D eigenvalue weighted by Crippen LogP contribution is 2.36. The number of hydrogen-bond acceptors (Lipinski definition) is 4. The van der Waals surface area contributed by atoms with E-state index in [2.05, 4.69) is 11.1 Å². The van der Waals surface area contributed by atoms with Crippen LogP contribution in [0.15, 0.2) is 18.5 Å². The third kappa shape index (κ3) is 3.72. The number of rotatable bonds is 4. The van der Waals surface area contributed by atoms with Crippen molar-refractivity contribution in [3.63, 3.8) is 0 Å². The molecule has 2 aliphatic heterocycles. The van der Waals surface area contributed by atoms with Gasteiger partial charge in [0.05, 0.1) is 25.8 Å². The molecule has 23 heavy (non-hydrogen) atoms. The van der Waals surface area contributed by atoms with Gasteiger partial charge in [0.1, 0.15) is 5.60 Å². The third-order valence-electron chi connectivity index (χ3n) is 4.63. The first kappa shape index (κ1) is 16.4. The first-order valence-electron chi connectivity index (χ1n) is 8.42. The van der Waals surface area contributed by atoms with Crippen LogP contribution in [0, 0.1) is 12.8 Å². The molecule has 3 heterocycles. The Kier molecular flexibility index (Phi) is 4.69. The molecule has 0 bridgehead atoms. The van der Waals surface area contributed by atoms with Crippen LogP contribution in [0.3, 0.4) is 0 Å². The summed E-state index contributed by atoms with van der Waals surface area (Å²) in [7, 11) is 0. The number of amides is 1. The lowest BCUT2D eigenvalue weighted by atomic mass is 9.84. The van der Waals surface area contributed by atoms with Crippen LogP contribution >= 0.6 is 0 Å². The van der Waals surface area contributed by atoms with Gasteiger partial charge in [-0.15, -0.1) is 0 Å². The van der Waals surface area contributed by atoms with E-state index >= 15 is 0 Å². The molecular weight excluding hydrogens is 292 g/mol. The van der Waals surface area contributed by atoms with Crippen molar-refractivity contribution < 1.29 is 14.3 Å². The lowest BCUT2D eigenvalue weighted by molar-refractivity contribution is -0.204. The molecule has 0 N–H and O–H groups in total. The molecule has 0 radical (unpaired) electrons. The van der Waals surface area contributed by atoms with E-state index in [1.807, 2.05) is 38.1 Å². The molecule has 126 valence electrons. The fourth-order valence-electron chi connectivity index (χ4n) is 3.43. The summed E-state index contributed by atoms with van der Waals surface area (Å²) in [6, 6.07) is 2.11. The van der Waals surface area contributed by atoms with Crippen molar-refractivity contribution in [3.05, 3.63) is 29.6 Å². The predicted octanol–water partition coefficient (Wildman–Crippen LogP) is 2.32. The Bertz CT molecular complexity index is 567. The lowest BCUT2D eigenvalue weighted by Gasteiger charge is -2.53. The summed E-state index contributed by atoms with van der Waals surface area (Å²) in [5, 5.41) is 0. The second kappa shape index (κ2) is 6.57. The number of carbonyl (C=O) groups excluding carboxylic acids is 1. The fraction of sp³-hybridized carbons (Fsp3) is 0.667. The molecule has 0 saturated carbocycles. The maximum Gasteiger partial charge on any atom is 0.225 e. The molecule has 3 rings (SSSR count). The van der Waals surface area contributed by atoms with Gasteiger partial charge in [-0.05, 0) is 24.5 Å². The van der Waals surface area contributed by atoms with E-state index in [1.165, 1.54) is 0 Å². The van der Waals surface area contributed by atoms with E-state index in [0.29, 0.717) is 26.3 Å². The third-order valence-corrected chi connectivity index (χ3v) is 4.63. The van der Waals surface area contributed by atoms with Crippen LogP contribution in [0.5, 0.6) is 0 Å². The number of aryl methyl sites for hydroxylation is 1. The number of hydrogen-bond donors (Lipinski definition) is 0. The number of ether oxygens (including phenoxy) is 2. The lowest BCUT2D eigenvalue weighted by Crippen LogP contribution is -2.67. The number of pyridine rings is 1. The topological polar surface area (TPSA) is 51.7 Å². The smallest absolute Gasteiger partial charge is 0.225 e. The van der Waals surface area contributed by atoms with Crippen LogP contribution < -0.4 is 0 Å². The van der Waals surface area contributed by atoms with Crippen LogP contribution in [0.2, 0.25) is 0 Å². The van der Waals surface area contributed by atoms with Crippen LogP contribution in [-0.2, 0) is 20.9 Å². The Morgan fingerprint density at radius 1 is 1.48 bits per heavy atom. The van der Waals surface area contributed by atoms with Crippen molar-refractivity contribution >= 4 is 5.91 Å². The molecule has 0 aliphatic carbocycles. The quantitative estimate of drug-likeness (QED) is 0.855. The van der Waals surface area contributed by atoms with Gasteiger partial charge in [0, 0.05) is 31.3 Å². The summed E-state index contributed by atoms with van der Waals surface area (Å²) in [6.07, 6.45) is 5.68. The van der Waals surface area contributed by atoms with Crippen LogP contribution in [0.4, 0.5) is 0 Å². The molecule has 1 atom stereocenters. The van der Waals surface area contributed by atoms with E-state index in [4.69, 9.17) is 9.47 Å². The molecule has 2 fully saturated rings. The minimum atomic E-state index is -0.182. The van der Waals surface area contributed by atoms with E-state index < -0.39 is 0 Å². The van der Waals surface area contributed by atoms with Crippen molar-refractivity contribution in [1.82, 2.24) is 9.88 Å². The number of likely N-dealkylation sites (tertiary alicyclic amines) is 1. The summed E-state index contributed by atoms with van der Waals surface area (Å²) in [5.41, 5.74) is 2.07. The Labute approximate surface area is 138 Å². The van der Waals surface area contributed by atoms with Gasteiger partial charge in [-0.2, -0.15) is 0 Å². The van der Waals surface area contributed by atoms with Gasteiger partial charge in [0.2, 0.25) is 5.91 Å². The molecule has 0 aromatic carbocycles. The first-order chi connectivity index (χ1) is 11.0. The van der Waals surface area contributed by atoms with E-state index in [1.54, 1.807) is 0 Å². The highest BCUT2D eigenvalue weighted by molar-refractivity contribution is 5.79. The Balaban J connectivity index is 1.51. The van der Waals surface area contributed by atoms with Gasteiger partial charge in [-0.25, -0.2) is 0 Å². The minimum Gasteiger partial charge on any atom is -0.373 e. The predicted molar refractivity (Wildman–Crippen MR) is 86.9 cm³/mol. The zero-order valence-corrected chi connectivity index (χ0v) is 14.2. The SMILES string of the molecule is Cc1cncc(COC2CCOC3(C2)CN(C(=O)C(C)C)C3)c1. The number of aromatic nitrogens is 1. The van der Waals surface area contributed by atoms with Crippen molar-refractivity contribution in [2.75, 3.05) is 19.7 Å². The van der Waals surface area contributed by atoms with Crippen molar-refractivity contribution in [2.24, 2.45) is 5.92 Å². The molecule has 1 spiro atoms. The summed E-state index contributed by atoms with van der Waals surface area (Å²) < 4.78 is 12.1. The monoisotopic (exact) mass is 318 g/mol. The molecule has 1 unspecified atom stereocenters. The van der Waals surface area contributed by atoms with Gasteiger partial charge < -0.3 is 14.4 Å². The minimum absolute atomic E-state index is 0.0526. The molecule has 2 aliphatic rings. The van der Waals surface area contributed by atoms with E-state index in [-0.39, 0.29) is 23.5 Å². The normalized spacial score (nSPS) is 23.1. The molecule has 2 saturated heterocycles. The molecule has 1 aromatic rings. The first-order valence-corrected chi connectivity index (χ1v) is 8.42. The summed E-state index contributed by atoms with van der Waals surface area (Å²) >= 11 is 0. The van der Waals surface area contributed by atoms with Crippen LogP contribution in [-0.4, -0.2) is 47.2 Å². The van der Waals surface area contributed by atoms with Crippen LogP contribution in [0.25, 0.3) is 0 Å². The Hall–Kier alpha value is -1.46. The van der Waals surface area contributed by atoms with E-state index in [0.717, 1.165) is 24.0 Å². The van der Waals surface area contributed by atoms with Gasteiger partial charge in [-0.1, -0.05) is 19.9 Å². The molecule has 5 heteroatoms. The largest absolute Gasteiger partial charge is 0.373 e. The van der Waals surface area contributed by atoms with Crippen molar-refractivity contribution in [2.45, 2.75) is 51.9 Å². The fourth-order valence-corrected chi connectivity index (χ4v) is 3.43. The highest BCUT2D eigenvalue weighted by Gasteiger charge is 2.49. The summed E-state index contributed by atoms with van der Waals surface area (Å²) in [6.45, 7) is 8.62.